The van der Waals surface area contributed by atoms with E-state index in [4.69, 9.17) is 0 Å². The van der Waals surface area contributed by atoms with Crippen LogP contribution in [0.2, 0.25) is 0 Å². The van der Waals surface area contributed by atoms with Gasteiger partial charge in [0.25, 0.3) is 5.91 Å². The SMILES string of the molecule is CN1CCN(C(=O)CCNC(=O)c2cc(F)ccc2Br)Cc2ccccc21. The van der Waals surface area contributed by atoms with Crippen molar-refractivity contribution in [1.29, 1.82) is 0 Å². The maximum atomic E-state index is 13.3. The van der Waals surface area contributed by atoms with Crippen molar-refractivity contribution in [3.8, 4) is 0 Å². The van der Waals surface area contributed by atoms with Crippen LogP contribution in [0.15, 0.2) is 46.9 Å². The average Bonchev–Trinajstić information content (AvgIpc) is 2.83. The Balaban J connectivity index is 1.57. The third-order valence-electron chi connectivity index (χ3n) is 4.62. The van der Waals surface area contributed by atoms with Crippen molar-refractivity contribution in [3.63, 3.8) is 0 Å². The highest BCUT2D eigenvalue weighted by Crippen LogP contribution is 2.24. The van der Waals surface area contributed by atoms with Crippen LogP contribution in [-0.2, 0) is 11.3 Å². The third-order valence-corrected chi connectivity index (χ3v) is 5.31. The minimum atomic E-state index is -0.480. The number of amides is 2. The number of carbonyl (C=O) groups excluding carboxylic acids is 2. The summed E-state index contributed by atoms with van der Waals surface area (Å²) in [6.07, 6.45) is 0.199. The Bertz CT molecular complexity index is 859. The third kappa shape index (κ3) is 4.66. The number of carbonyl (C=O) groups is 2. The van der Waals surface area contributed by atoms with Gasteiger partial charge in [-0.15, -0.1) is 0 Å². The van der Waals surface area contributed by atoms with Crippen LogP contribution in [-0.4, -0.2) is 43.4 Å². The maximum Gasteiger partial charge on any atom is 0.252 e. The fraction of sp³-hybridized carbons (Fsp3) is 0.300. The van der Waals surface area contributed by atoms with E-state index in [0.29, 0.717) is 17.6 Å². The first-order valence-electron chi connectivity index (χ1n) is 8.76. The first kappa shape index (κ1) is 19.4. The van der Waals surface area contributed by atoms with Crippen molar-refractivity contribution >= 4 is 33.4 Å². The molecule has 5 nitrogen and oxygen atoms in total. The van der Waals surface area contributed by atoms with Gasteiger partial charge in [-0.05, 0) is 45.8 Å². The summed E-state index contributed by atoms with van der Waals surface area (Å²) in [6, 6.07) is 12.0. The Kier molecular flexibility index (Phi) is 6.11. The van der Waals surface area contributed by atoms with Crippen LogP contribution in [0.5, 0.6) is 0 Å². The molecule has 1 aliphatic heterocycles. The smallest absolute Gasteiger partial charge is 0.252 e. The lowest BCUT2D eigenvalue weighted by atomic mass is 10.1. The fourth-order valence-electron chi connectivity index (χ4n) is 3.11. The highest BCUT2D eigenvalue weighted by Gasteiger charge is 2.21. The number of nitrogens with one attached hydrogen (secondary N) is 1. The van der Waals surface area contributed by atoms with Crippen LogP contribution in [0.25, 0.3) is 0 Å². The van der Waals surface area contributed by atoms with Gasteiger partial charge in [-0.25, -0.2) is 4.39 Å². The summed E-state index contributed by atoms with van der Waals surface area (Å²) < 4.78 is 13.8. The van der Waals surface area contributed by atoms with Gasteiger partial charge >= 0.3 is 0 Å². The molecule has 0 saturated carbocycles. The molecule has 0 bridgehead atoms. The van der Waals surface area contributed by atoms with Gasteiger partial charge in [-0.2, -0.15) is 0 Å². The maximum absolute atomic E-state index is 13.3. The van der Waals surface area contributed by atoms with Gasteiger partial charge in [0.2, 0.25) is 5.91 Å². The zero-order valence-corrected chi connectivity index (χ0v) is 16.6. The number of hydrogen-bond donors (Lipinski definition) is 1. The van der Waals surface area contributed by atoms with Crippen LogP contribution in [0.4, 0.5) is 10.1 Å². The Morgan fingerprint density at radius 3 is 2.78 bits per heavy atom. The number of benzene rings is 2. The van der Waals surface area contributed by atoms with Crippen molar-refractivity contribution < 1.29 is 14.0 Å². The summed E-state index contributed by atoms with van der Waals surface area (Å²) in [4.78, 5) is 28.7. The lowest BCUT2D eigenvalue weighted by Gasteiger charge is -2.21. The van der Waals surface area contributed by atoms with Crippen LogP contribution in [0.1, 0.15) is 22.3 Å². The molecule has 2 aromatic carbocycles. The molecule has 2 aromatic rings. The molecule has 0 aromatic heterocycles. The number of fused-ring (bicyclic) bond motifs is 1. The molecule has 0 unspecified atom stereocenters. The monoisotopic (exact) mass is 433 g/mol. The molecule has 1 aliphatic rings. The minimum absolute atomic E-state index is 0.0151. The number of halogens is 2. The van der Waals surface area contributed by atoms with Gasteiger partial charge in [0, 0.05) is 49.8 Å². The largest absolute Gasteiger partial charge is 0.373 e. The van der Waals surface area contributed by atoms with Crippen LogP contribution in [0.3, 0.4) is 0 Å². The Morgan fingerprint density at radius 1 is 1.19 bits per heavy atom. The van der Waals surface area contributed by atoms with E-state index in [1.165, 1.54) is 18.2 Å². The predicted octanol–water partition coefficient (Wildman–Crippen LogP) is 3.19. The molecule has 0 radical (unpaired) electrons. The summed E-state index contributed by atoms with van der Waals surface area (Å²) in [5, 5.41) is 2.69. The van der Waals surface area contributed by atoms with Gasteiger partial charge in [0.05, 0.1) is 5.56 Å². The van der Waals surface area contributed by atoms with Crippen molar-refractivity contribution in [2.24, 2.45) is 0 Å². The molecule has 0 aliphatic carbocycles. The molecule has 3 rings (SSSR count). The van der Waals surface area contributed by atoms with Gasteiger partial charge in [0.1, 0.15) is 5.82 Å². The van der Waals surface area contributed by atoms with E-state index in [-0.39, 0.29) is 24.4 Å². The Labute approximate surface area is 166 Å². The van der Waals surface area contributed by atoms with Gasteiger partial charge < -0.3 is 15.1 Å². The van der Waals surface area contributed by atoms with E-state index >= 15 is 0 Å². The number of likely N-dealkylation sites (N-methyl/N-ethyl adjacent to an activating group) is 1. The second kappa shape index (κ2) is 8.52. The molecule has 142 valence electrons. The number of para-hydroxylation sites is 1. The van der Waals surface area contributed by atoms with Crippen molar-refractivity contribution in [2.75, 3.05) is 31.6 Å². The van der Waals surface area contributed by atoms with Crippen LogP contribution < -0.4 is 10.2 Å². The summed E-state index contributed by atoms with van der Waals surface area (Å²) in [5.74, 6) is -0.902. The average molecular weight is 434 g/mol. The van der Waals surface area contributed by atoms with Gasteiger partial charge in [-0.1, -0.05) is 18.2 Å². The summed E-state index contributed by atoms with van der Waals surface area (Å²) >= 11 is 3.24. The van der Waals surface area contributed by atoms with E-state index < -0.39 is 11.7 Å². The molecular formula is C20H21BrFN3O2. The molecule has 1 heterocycles. The fourth-order valence-corrected chi connectivity index (χ4v) is 3.54. The Morgan fingerprint density at radius 2 is 1.96 bits per heavy atom. The van der Waals surface area contributed by atoms with Crippen LogP contribution in [0, 0.1) is 5.82 Å². The topological polar surface area (TPSA) is 52.6 Å². The first-order chi connectivity index (χ1) is 13.0. The molecule has 27 heavy (non-hydrogen) atoms. The standard InChI is InChI=1S/C20H21BrFN3O2/c1-24-10-11-25(13-14-4-2-3-5-18(14)24)19(26)8-9-23-20(27)16-12-15(22)6-7-17(16)21/h2-7,12H,8-11,13H2,1H3,(H,23,27). The summed E-state index contributed by atoms with van der Waals surface area (Å²) in [5.41, 5.74) is 2.46. The molecule has 1 N–H and O–H groups in total. The minimum Gasteiger partial charge on any atom is -0.373 e. The predicted molar refractivity (Wildman–Crippen MR) is 106 cm³/mol. The van der Waals surface area contributed by atoms with Crippen molar-refractivity contribution in [1.82, 2.24) is 10.2 Å². The lowest BCUT2D eigenvalue weighted by molar-refractivity contribution is -0.131. The molecule has 7 heteroatoms. The van der Waals surface area contributed by atoms with E-state index in [1.54, 1.807) is 0 Å². The second-order valence-corrected chi connectivity index (χ2v) is 7.35. The number of hydrogen-bond acceptors (Lipinski definition) is 3. The normalized spacial score (nSPS) is 13.7. The first-order valence-corrected chi connectivity index (χ1v) is 9.55. The quantitative estimate of drug-likeness (QED) is 0.805. The van der Waals surface area contributed by atoms with Crippen molar-refractivity contribution in [2.45, 2.75) is 13.0 Å². The summed E-state index contributed by atoms with van der Waals surface area (Å²) in [6.45, 7) is 2.15. The summed E-state index contributed by atoms with van der Waals surface area (Å²) in [7, 11) is 2.02. The molecular weight excluding hydrogens is 413 g/mol. The molecule has 2 amide bonds. The van der Waals surface area contributed by atoms with E-state index in [1.807, 2.05) is 30.1 Å². The highest BCUT2D eigenvalue weighted by molar-refractivity contribution is 9.10. The highest BCUT2D eigenvalue weighted by atomic mass is 79.9. The van der Waals surface area contributed by atoms with Gasteiger partial charge in [-0.3, -0.25) is 9.59 Å². The lowest BCUT2D eigenvalue weighted by Crippen LogP contribution is -2.36. The molecule has 0 fully saturated rings. The molecule has 0 spiro atoms. The van der Waals surface area contributed by atoms with E-state index in [0.717, 1.165) is 17.8 Å². The number of anilines is 1. The number of rotatable bonds is 4. The second-order valence-electron chi connectivity index (χ2n) is 6.50. The van der Waals surface area contributed by atoms with Gasteiger partial charge in [0.15, 0.2) is 0 Å². The van der Waals surface area contributed by atoms with Crippen LogP contribution >= 0.6 is 15.9 Å². The Hall–Kier alpha value is -2.41. The molecule has 0 atom stereocenters. The van der Waals surface area contributed by atoms with Crippen molar-refractivity contribution in [3.05, 3.63) is 63.9 Å². The molecule has 0 saturated heterocycles. The zero-order chi connectivity index (χ0) is 19.4. The van der Waals surface area contributed by atoms with E-state index in [2.05, 4.69) is 32.2 Å². The van der Waals surface area contributed by atoms with E-state index in [9.17, 15) is 14.0 Å². The zero-order valence-electron chi connectivity index (χ0n) is 15.0. The number of nitrogens with zero attached hydrogens (tertiary/aromatic N) is 2.